The molecule has 0 aromatic carbocycles. The zero-order valence-electron chi connectivity index (χ0n) is 13.5. The summed E-state index contributed by atoms with van der Waals surface area (Å²) in [5.74, 6) is -1.01. The van der Waals surface area contributed by atoms with E-state index in [4.69, 9.17) is 4.74 Å². The minimum Gasteiger partial charge on any atom is -0.462 e. The van der Waals surface area contributed by atoms with Gasteiger partial charge in [0.2, 0.25) is 11.8 Å². The van der Waals surface area contributed by atoms with Crippen LogP contribution in [0.25, 0.3) is 0 Å². The van der Waals surface area contributed by atoms with Crippen LogP contribution >= 0.6 is 11.3 Å². The van der Waals surface area contributed by atoms with Gasteiger partial charge in [0.1, 0.15) is 10.9 Å². The Morgan fingerprint density at radius 3 is 2.45 bits per heavy atom. The lowest BCUT2D eigenvalue weighted by Crippen LogP contribution is -2.46. The standard InChI is InChI=1S/C15H22N2O4S/c1-6-21-15(20)13-9(4)7-11(22-13)17-14(19)12(8(2)3)16-10(5)18/h7-8,12H,6H2,1-5H3,(H,16,18)(H,17,19). The number of rotatable bonds is 6. The topological polar surface area (TPSA) is 84.5 Å². The van der Waals surface area contributed by atoms with E-state index in [1.165, 1.54) is 6.92 Å². The molecule has 1 aromatic heterocycles. The van der Waals surface area contributed by atoms with Gasteiger partial charge in [0.15, 0.2) is 0 Å². The van der Waals surface area contributed by atoms with E-state index in [1.54, 1.807) is 19.9 Å². The van der Waals surface area contributed by atoms with E-state index in [2.05, 4.69) is 10.6 Å². The van der Waals surface area contributed by atoms with Crippen molar-refractivity contribution in [3.8, 4) is 0 Å². The average molecular weight is 326 g/mol. The molecular formula is C15H22N2O4S. The predicted molar refractivity (Wildman–Crippen MR) is 86.1 cm³/mol. The second-order valence-electron chi connectivity index (χ2n) is 5.25. The Bertz CT molecular complexity index is 566. The first kappa shape index (κ1) is 18.2. The normalized spacial score (nSPS) is 11.9. The lowest BCUT2D eigenvalue weighted by Gasteiger charge is -2.20. The summed E-state index contributed by atoms with van der Waals surface area (Å²) in [4.78, 5) is 35.7. The maximum absolute atomic E-state index is 12.3. The number of amides is 2. The van der Waals surface area contributed by atoms with E-state index in [-0.39, 0.29) is 17.7 Å². The van der Waals surface area contributed by atoms with Crippen molar-refractivity contribution in [2.24, 2.45) is 5.92 Å². The van der Waals surface area contributed by atoms with Crippen LogP contribution < -0.4 is 10.6 Å². The molecule has 0 saturated heterocycles. The van der Waals surface area contributed by atoms with E-state index in [9.17, 15) is 14.4 Å². The number of hydrogen-bond acceptors (Lipinski definition) is 5. The number of thiophene rings is 1. The SMILES string of the molecule is CCOC(=O)c1sc(NC(=O)C(NC(C)=O)C(C)C)cc1C. The monoisotopic (exact) mass is 326 g/mol. The van der Waals surface area contributed by atoms with Crippen LogP contribution in [0.1, 0.15) is 42.9 Å². The van der Waals surface area contributed by atoms with Crippen LogP contribution in [0.2, 0.25) is 0 Å². The highest BCUT2D eigenvalue weighted by Gasteiger charge is 2.24. The van der Waals surface area contributed by atoms with Gasteiger partial charge < -0.3 is 15.4 Å². The van der Waals surface area contributed by atoms with Crippen molar-refractivity contribution in [2.75, 3.05) is 11.9 Å². The molecule has 0 saturated carbocycles. The molecule has 0 aliphatic carbocycles. The Balaban J connectivity index is 2.85. The Labute approximate surface area is 134 Å². The smallest absolute Gasteiger partial charge is 0.348 e. The molecule has 7 heteroatoms. The summed E-state index contributed by atoms with van der Waals surface area (Å²) >= 11 is 1.16. The van der Waals surface area contributed by atoms with Crippen molar-refractivity contribution in [2.45, 2.75) is 40.7 Å². The van der Waals surface area contributed by atoms with Gasteiger partial charge in [-0.15, -0.1) is 11.3 Å². The van der Waals surface area contributed by atoms with E-state index in [1.807, 2.05) is 13.8 Å². The van der Waals surface area contributed by atoms with Crippen LogP contribution in [0.5, 0.6) is 0 Å². The van der Waals surface area contributed by atoms with E-state index in [0.717, 1.165) is 16.9 Å². The highest BCUT2D eigenvalue weighted by molar-refractivity contribution is 7.18. The van der Waals surface area contributed by atoms with Crippen LogP contribution in [0.15, 0.2) is 6.07 Å². The second-order valence-corrected chi connectivity index (χ2v) is 6.31. The van der Waals surface area contributed by atoms with Gasteiger partial charge in [-0.1, -0.05) is 13.8 Å². The number of nitrogens with one attached hydrogen (secondary N) is 2. The maximum atomic E-state index is 12.3. The molecule has 0 radical (unpaired) electrons. The molecular weight excluding hydrogens is 304 g/mol. The first-order chi connectivity index (χ1) is 10.3. The van der Waals surface area contributed by atoms with E-state index >= 15 is 0 Å². The third-order valence-corrected chi connectivity index (χ3v) is 4.07. The molecule has 1 aromatic rings. The van der Waals surface area contributed by atoms with Gasteiger partial charge in [-0.2, -0.15) is 0 Å². The Hall–Kier alpha value is -1.89. The zero-order chi connectivity index (χ0) is 16.9. The first-order valence-electron chi connectivity index (χ1n) is 7.11. The van der Waals surface area contributed by atoms with Gasteiger partial charge in [-0.05, 0) is 31.4 Å². The van der Waals surface area contributed by atoms with Crippen LogP contribution in [-0.2, 0) is 14.3 Å². The number of carbonyl (C=O) groups is 3. The van der Waals surface area contributed by atoms with Crippen molar-refractivity contribution < 1.29 is 19.1 Å². The minimum atomic E-state index is -0.619. The second kappa shape index (κ2) is 7.93. The van der Waals surface area contributed by atoms with Gasteiger partial charge in [-0.3, -0.25) is 9.59 Å². The number of aryl methyl sites for hydroxylation is 1. The quantitative estimate of drug-likeness (QED) is 0.786. The fourth-order valence-electron chi connectivity index (χ4n) is 1.90. The van der Waals surface area contributed by atoms with Gasteiger partial charge >= 0.3 is 5.97 Å². The van der Waals surface area contributed by atoms with Crippen LogP contribution in [0.4, 0.5) is 5.00 Å². The fraction of sp³-hybridized carbons (Fsp3) is 0.533. The Morgan fingerprint density at radius 1 is 1.32 bits per heavy atom. The maximum Gasteiger partial charge on any atom is 0.348 e. The van der Waals surface area contributed by atoms with Crippen molar-refractivity contribution in [3.05, 3.63) is 16.5 Å². The van der Waals surface area contributed by atoms with Gasteiger partial charge in [0.25, 0.3) is 0 Å². The molecule has 2 amide bonds. The van der Waals surface area contributed by atoms with Crippen molar-refractivity contribution in [1.29, 1.82) is 0 Å². The first-order valence-corrected chi connectivity index (χ1v) is 7.93. The van der Waals surface area contributed by atoms with Crippen molar-refractivity contribution >= 4 is 34.1 Å². The summed E-state index contributed by atoms with van der Waals surface area (Å²) in [6.45, 7) is 8.90. The molecule has 0 aliphatic heterocycles. The molecule has 0 bridgehead atoms. The summed E-state index contributed by atoms with van der Waals surface area (Å²) < 4.78 is 4.97. The molecule has 0 spiro atoms. The molecule has 6 nitrogen and oxygen atoms in total. The number of anilines is 1. The third kappa shape index (κ3) is 4.84. The Morgan fingerprint density at radius 2 is 1.95 bits per heavy atom. The number of carbonyl (C=O) groups excluding carboxylic acids is 3. The largest absolute Gasteiger partial charge is 0.462 e. The lowest BCUT2D eigenvalue weighted by molar-refractivity contribution is -0.126. The van der Waals surface area contributed by atoms with Gasteiger partial charge in [0.05, 0.1) is 11.6 Å². The molecule has 122 valence electrons. The number of hydrogen-bond donors (Lipinski definition) is 2. The molecule has 1 atom stereocenters. The number of esters is 1. The van der Waals surface area contributed by atoms with Crippen LogP contribution in [-0.4, -0.2) is 30.4 Å². The summed E-state index contributed by atoms with van der Waals surface area (Å²) in [6, 6.07) is 1.10. The zero-order valence-corrected chi connectivity index (χ0v) is 14.3. The highest BCUT2D eigenvalue weighted by atomic mass is 32.1. The van der Waals surface area contributed by atoms with Gasteiger partial charge in [0, 0.05) is 6.92 Å². The summed E-state index contributed by atoms with van der Waals surface area (Å²) in [6.07, 6.45) is 0. The van der Waals surface area contributed by atoms with Crippen molar-refractivity contribution in [1.82, 2.24) is 5.32 Å². The molecule has 1 heterocycles. The Kier molecular flexibility index (Phi) is 6.55. The third-order valence-electron chi connectivity index (χ3n) is 2.93. The van der Waals surface area contributed by atoms with E-state index < -0.39 is 12.0 Å². The molecule has 2 N–H and O–H groups in total. The van der Waals surface area contributed by atoms with E-state index in [0.29, 0.717) is 16.5 Å². The lowest BCUT2D eigenvalue weighted by atomic mass is 10.0. The van der Waals surface area contributed by atoms with Crippen molar-refractivity contribution in [3.63, 3.8) is 0 Å². The molecule has 0 fully saturated rings. The highest BCUT2D eigenvalue weighted by Crippen LogP contribution is 2.27. The van der Waals surface area contributed by atoms with Crippen LogP contribution in [0, 0.1) is 12.8 Å². The molecule has 22 heavy (non-hydrogen) atoms. The summed E-state index contributed by atoms with van der Waals surface area (Å²) in [7, 11) is 0. The minimum absolute atomic E-state index is 0.0468. The predicted octanol–water partition coefficient (Wildman–Crippen LogP) is 2.33. The molecule has 0 aliphatic rings. The fourth-order valence-corrected chi connectivity index (χ4v) is 2.87. The van der Waals surface area contributed by atoms with Crippen LogP contribution in [0.3, 0.4) is 0 Å². The summed E-state index contributed by atoms with van der Waals surface area (Å²) in [5, 5.41) is 5.93. The summed E-state index contributed by atoms with van der Waals surface area (Å²) in [5.41, 5.74) is 0.749. The molecule has 1 unspecified atom stereocenters. The average Bonchev–Trinajstić information content (AvgIpc) is 2.76. The number of ether oxygens (including phenoxy) is 1. The van der Waals surface area contributed by atoms with Gasteiger partial charge in [-0.25, -0.2) is 4.79 Å². The molecule has 1 rings (SSSR count).